The highest BCUT2D eigenvalue weighted by Gasteiger charge is 2.31. The number of rotatable bonds is 7. The number of hydrogen-bond donors (Lipinski definition) is 0. The number of nitrogens with zero attached hydrogens (tertiary/aromatic N) is 5. The van der Waals surface area contributed by atoms with Crippen molar-refractivity contribution in [3.8, 4) is 0 Å². The van der Waals surface area contributed by atoms with E-state index >= 15 is 0 Å². The van der Waals surface area contributed by atoms with Gasteiger partial charge in [-0.05, 0) is 54.5 Å². The summed E-state index contributed by atoms with van der Waals surface area (Å²) >= 11 is 4.61. The van der Waals surface area contributed by atoms with Crippen molar-refractivity contribution in [2.45, 2.75) is 13.8 Å². The zero-order valence-corrected chi connectivity index (χ0v) is 22.1. The second-order valence-electron chi connectivity index (χ2n) is 7.49. The Labute approximate surface area is 212 Å². The van der Waals surface area contributed by atoms with E-state index in [0.717, 1.165) is 39.5 Å². The molecule has 4 rings (SSSR count). The van der Waals surface area contributed by atoms with Crippen molar-refractivity contribution in [3.63, 3.8) is 0 Å². The van der Waals surface area contributed by atoms with E-state index in [1.165, 1.54) is 28.2 Å². The van der Waals surface area contributed by atoms with Crippen LogP contribution in [0, 0.1) is 0 Å². The Morgan fingerprint density at radius 3 is 2.85 bits per heavy atom. The third-order valence-corrected chi connectivity index (χ3v) is 8.66. The molecule has 3 heterocycles. The summed E-state index contributed by atoms with van der Waals surface area (Å²) in [6.45, 7) is 5.74. The fourth-order valence-corrected chi connectivity index (χ4v) is 6.55. The lowest BCUT2D eigenvalue weighted by atomic mass is 10.3. The quantitative estimate of drug-likeness (QED) is 0.385. The molecule has 1 fully saturated rings. The number of benzene rings is 1. The maximum Gasteiger partial charge on any atom is 0.385 e. The predicted octanol–water partition coefficient (Wildman–Crippen LogP) is 4.95. The van der Waals surface area contributed by atoms with E-state index in [-0.39, 0.29) is 0 Å². The summed E-state index contributed by atoms with van der Waals surface area (Å²) in [6.07, 6.45) is 8.87. The zero-order valence-electron chi connectivity index (χ0n) is 19.7. The number of allylic oxidation sites excluding steroid dienone is 3. The molecule has 0 saturated carbocycles. The number of thiazole rings is 1. The van der Waals surface area contributed by atoms with Gasteiger partial charge >= 0.3 is 5.13 Å². The van der Waals surface area contributed by atoms with Crippen molar-refractivity contribution in [2.24, 2.45) is 12.0 Å². The molecule has 178 valence electrons. The summed E-state index contributed by atoms with van der Waals surface area (Å²) in [4.78, 5) is 22.7. The van der Waals surface area contributed by atoms with Crippen molar-refractivity contribution in [1.82, 2.24) is 14.7 Å². The highest BCUT2D eigenvalue weighted by molar-refractivity contribution is 8.17. The van der Waals surface area contributed by atoms with E-state index in [2.05, 4.69) is 28.5 Å². The number of aromatic nitrogens is 1. The largest absolute Gasteiger partial charge is 0.463 e. The van der Waals surface area contributed by atoms with E-state index in [1.807, 2.05) is 67.9 Å². The van der Waals surface area contributed by atoms with Gasteiger partial charge in [-0.2, -0.15) is 0 Å². The molecule has 1 saturated heterocycles. The van der Waals surface area contributed by atoms with Gasteiger partial charge in [0.1, 0.15) is 10.5 Å². The molecule has 0 bridgehead atoms. The number of likely N-dealkylation sites (N-methyl/N-ethyl adjacent to an activating group) is 1. The van der Waals surface area contributed by atoms with Gasteiger partial charge in [-0.1, -0.05) is 30.0 Å². The van der Waals surface area contributed by atoms with E-state index < -0.39 is 0 Å². The number of amides is 1. The number of hydrogen-bond acceptors (Lipinski definition) is 7. The minimum atomic E-state index is 0.381. The number of carbonyl (C=O) groups excluding carboxylic acids is 1. The average molecular weight is 515 g/mol. The van der Waals surface area contributed by atoms with Crippen LogP contribution in [-0.2, 0) is 16.6 Å². The Morgan fingerprint density at radius 1 is 1.32 bits per heavy atom. The zero-order chi connectivity index (χ0) is 24.1. The predicted molar refractivity (Wildman–Crippen MR) is 143 cm³/mol. The molecule has 2 aromatic rings. The topological polar surface area (TPSA) is 52.3 Å². The Hall–Kier alpha value is -2.69. The van der Waals surface area contributed by atoms with Gasteiger partial charge in [-0.25, -0.2) is 4.57 Å². The maximum absolute atomic E-state index is 11.9. The number of aliphatic imine (C=N–C) groups is 1. The average Bonchev–Trinajstić information content (AvgIpc) is 3.18. The van der Waals surface area contributed by atoms with Crippen LogP contribution in [0.5, 0.6) is 0 Å². The van der Waals surface area contributed by atoms with Crippen molar-refractivity contribution in [2.75, 3.05) is 26.9 Å². The molecule has 2 aliphatic rings. The fourth-order valence-electron chi connectivity index (χ4n) is 3.34. The summed E-state index contributed by atoms with van der Waals surface area (Å²) in [5, 5.41) is 5.25. The lowest BCUT2D eigenvalue weighted by molar-refractivity contribution is -0.627. The number of para-hydroxylation sites is 1. The van der Waals surface area contributed by atoms with E-state index in [0.29, 0.717) is 18.4 Å². The smallest absolute Gasteiger partial charge is 0.385 e. The first-order valence-corrected chi connectivity index (χ1v) is 13.5. The molecule has 0 spiro atoms. The summed E-state index contributed by atoms with van der Waals surface area (Å²) in [5.41, 5.74) is 2.19. The van der Waals surface area contributed by atoms with E-state index in [9.17, 15) is 4.79 Å². The molecule has 0 unspecified atom stereocenters. The van der Waals surface area contributed by atoms with E-state index in [4.69, 9.17) is 9.73 Å². The lowest BCUT2D eigenvalue weighted by Crippen LogP contribution is -2.36. The van der Waals surface area contributed by atoms with Crippen LogP contribution in [0.1, 0.15) is 13.8 Å². The molecule has 1 aromatic carbocycles. The first-order chi connectivity index (χ1) is 16.5. The normalized spacial score (nSPS) is 19.8. The van der Waals surface area contributed by atoms with E-state index in [1.54, 1.807) is 16.2 Å². The van der Waals surface area contributed by atoms with Gasteiger partial charge in [0, 0.05) is 49.2 Å². The lowest BCUT2D eigenvalue weighted by Gasteiger charge is -2.29. The summed E-state index contributed by atoms with van der Waals surface area (Å²) in [7, 11) is 4.04. The number of ether oxygens (including phenoxy) is 1. The van der Waals surface area contributed by atoms with Crippen LogP contribution < -0.4 is 4.57 Å². The maximum atomic E-state index is 11.9. The molecule has 0 atom stereocenters. The second kappa shape index (κ2) is 11.2. The number of amidine groups is 1. The van der Waals surface area contributed by atoms with Crippen molar-refractivity contribution in [3.05, 3.63) is 69.9 Å². The van der Waals surface area contributed by atoms with Gasteiger partial charge in [0.05, 0.1) is 11.7 Å². The van der Waals surface area contributed by atoms with Gasteiger partial charge in [0.15, 0.2) is 11.8 Å². The number of carbonyl (C=O) groups is 1. The van der Waals surface area contributed by atoms with Crippen LogP contribution in [0.15, 0.2) is 74.9 Å². The summed E-state index contributed by atoms with van der Waals surface area (Å²) in [6, 6.07) is 8.30. The number of thioether (sulfide) groups is 2. The summed E-state index contributed by atoms with van der Waals surface area (Å²) in [5.74, 6) is 0. The molecule has 0 N–H and O–H groups in total. The van der Waals surface area contributed by atoms with Crippen molar-refractivity contribution < 1.29 is 14.1 Å². The molecular formula is C24H28N5O2S3+. The molecule has 1 amide bonds. The molecule has 10 heteroatoms. The van der Waals surface area contributed by atoms with Gasteiger partial charge in [-0.3, -0.25) is 9.69 Å². The molecule has 0 aliphatic carbocycles. The van der Waals surface area contributed by atoms with Gasteiger partial charge in [0.2, 0.25) is 6.41 Å². The van der Waals surface area contributed by atoms with Crippen molar-refractivity contribution >= 4 is 61.8 Å². The molecule has 34 heavy (non-hydrogen) atoms. The van der Waals surface area contributed by atoms with Crippen LogP contribution >= 0.6 is 34.9 Å². The highest BCUT2D eigenvalue weighted by Crippen LogP contribution is 2.38. The van der Waals surface area contributed by atoms with Crippen LogP contribution in [0.25, 0.3) is 10.2 Å². The Balaban J connectivity index is 1.70. The molecule has 2 aliphatic heterocycles. The minimum absolute atomic E-state index is 0.381. The van der Waals surface area contributed by atoms with Crippen LogP contribution in [-0.4, -0.2) is 53.1 Å². The first-order valence-electron chi connectivity index (χ1n) is 11.0. The Morgan fingerprint density at radius 2 is 2.15 bits per heavy atom. The highest BCUT2D eigenvalue weighted by atomic mass is 32.2. The van der Waals surface area contributed by atoms with Crippen molar-refractivity contribution in [1.29, 1.82) is 0 Å². The molecule has 7 nitrogen and oxygen atoms in total. The molecular weight excluding hydrogens is 486 g/mol. The van der Waals surface area contributed by atoms with Gasteiger partial charge in [-0.15, -0.1) is 0 Å². The second-order valence-corrected chi connectivity index (χ2v) is 10.3. The number of aryl methyl sites for hydroxylation is 1. The van der Waals surface area contributed by atoms with Crippen LogP contribution in [0.4, 0.5) is 5.13 Å². The Kier molecular flexibility index (Phi) is 8.02. The standard InChI is InChI=1S/C24H28N5O2S3/c1-5-28(16-30)21(32-15-18-11-9-10-14-26(18)3)22-31-17-29(6-2)24(34-22)25-23-27(4)19-12-7-8-13-20(19)33-23/h7-16H,5-6,17H2,1-4H3/q+1/b18-15-,22-21-. The van der Waals surface area contributed by atoms with Crippen LogP contribution in [0.2, 0.25) is 0 Å². The summed E-state index contributed by atoms with van der Waals surface area (Å²) < 4.78 is 9.45. The van der Waals surface area contributed by atoms with Gasteiger partial charge in [0.25, 0.3) is 5.17 Å². The third kappa shape index (κ3) is 5.18. The van der Waals surface area contributed by atoms with Gasteiger partial charge < -0.3 is 14.5 Å². The van der Waals surface area contributed by atoms with Crippen LogP contribution in [0.3, 0.4) is 0 Å². The third-order valence-electron chi connectivity index (χ3n) is 5.38. The number of fused-ring (bicyclic) bond motifs is 1. The fraction of sp³-hybridized carbons (Fsp3) is 0.292. The SMILES string of the molecule is CCN(C=O)/C(S/C=C1/C=CC=CN1C)=C1\OCN(CC)/C(=N/c2sc3ccccc3[n+]2C)S1. The minimum Gasteiger partial charge on any atom is -0.463 e. The molecule has 0 radical (unpaired) electrons. The molecule has 1 aromatic heterocycles. The Bertz CT molecular complexity index is 1210. The first kappa shape index (κ1) is 24.4. The monoisotopic (exact) mass is 514 g/mol.